The average Bonchev–Trinajstić information content (AvgIpc) is 3.06. The van der Waals surface area contributed by atoms with Crippen molar-refractivity contribution in [1.29, 1.82) is 0 Å². The van der Waals surface area contributed by atoms with Gasteiger partial charge in [-0.1, -0.05) is 24.3 Å². The molecule has 2 N–H and O–H groups in total. The molecule has 0 bridgehead atoms. The fourth-order valence-corrected chi connectivity index (χ4v) is 6.09. The van der Waals surface area contributed by atoms with E-state index in [0.29, 0.717) is 38.9 Å². The minimum absolute atomic E-state index is 0.101. The standard InChI is InChI=1S/C32H36N6O5S/c1-24-7-8-29(43-44(39,40)30-5-3-2-4-6-30)22-31(24)34-23-25-9-10-33-32(35-25)36-26-19-27(37-11-15-41-16-12-37)21-28(20-26)38-13-17-42-18-14-38/h2-10,19-22,34H,11-18,23H2,1H3,(H,33,35,36). The number of aromatic nitrogens is 2. The lowest BCUT2D eigenvalue weighted by Crippen LogP contribution is -2.38. The van der Waals surface area contributed by atoms with Crippen LogP contribution in [0.5, 0.6) is 5.75 Å². The lowest BCUT2D eigenvalue weighted by atomic mass is 10.2. The molecule has 230 valence electrons. The highest BCUT2D eigenvalue weighted by Crippen LogP contribution is 2.31. The maximum atomic E-state index is 12.7. The second kappa shape index (κ2) is 13.5. The summed E-state index contributed by atoms with van der Waals surface area (Å²) in [6.07, 6.45) is 1.72. The van der Waals surface area contributed by atoms with Crippen molar-refractivity contribution in [2.45, 2.75) is 18.4 Å². The van der Waals surface area contributed by atoms with E-state index >= 15 is 0 Å². The number of anilines is 5. The van der Waals surface area contributed by atoms with Crippen LogP contribution in [-0.4, -0.2) is 71.0 Å². The Morgan fingerprint density at radius 1 is 0.841 bits per heavy atom. The van der Waals surface area contributed by atoms with Crippen LogP contribution in [-0.2, 0) is 26.1 Å². The number of ether oxygens (including phenoxy) is 2. The first-order valence-electron chi connectivity index (χ1n) is 14.7. The smallest absolute Gasteiger partial charge is 0.339 e. The Morgan fingerprint density at radius 2 is 1.50 bits per heavy atom. The fourth-order valence-electron chi connectivity index (χ4n) is 5.15. The number of aryl methyl sites for hydroxylation is 1. The highest BCUT2D eigenvalue weighted by atomic mass is 32.2. The molecule has 2 saturated heterocycles. The Morgan fingerprint density at radius 3 is 2.16 bits per heavy atom. The molecule has 0 atom stereocenters. The molecule has 44 heavy (non-hydrogen) atoms. The van der Waals surface area contributed by atoms with E-state index in [2.05, 4.69) is 43.6 Å². The lowest BCUT2D eigenvalue weighted by molar-refractivity contribution is 0.122. The van der Waals surface area contributed by atoms with Gasteiger partial charge in [0.15, 0.2) is 0 Å². The number of rotatable bonds is 10. The summed E-state index contributed by atoms with van der Waals surface area (Å²) >= 11 is 0. The molecule has 4 aromatic rings. The highest BCUT2D eigenvalue weighted by molar-refractivity contribution is 7.87. The first-order valence-corrected chi connectivity index (χ1v) is 16.1. The average molecular weight is 617 g/mol. The summed E-state index contributed by atoms with van der Waals surface area (Å²) in [5, 5.41) is 6.77. The van der Waals surface area contributed by atoms with Crippen LogP contribution in [0, 0.1) is 6.92 Å². The maximum absolute atomic E-state index is 12.7. The Hall–Kier alpha value is -4.39. The van der Waals surface area contributed by atoms with E-state index in [-0.39, 0.29) is 10.6 Å². The van der Waals surface area contributed by atoms with Crippen molar-refractivity contribution in [2.24, 2.45) is 0 Å². The molecule has 12 heteroatoms. The molecule has 0 saturated carbocycles. The molecule has 6 rings (SSSR count). The SMILES string of the molecule is Cc1ccc(OS(=O)(=O)c2ccccc2)cc1NCc1ccnc(Nc2cc(N3CCOCC3)cc(N3CCOCC3)c2)n1. The van der Waals surface area contributed by atoms with E-state index in [0.717, 1.165) is 60.2 Å². The summed E-state index contributed by atoms with van der Waals surface area (Å²) in [5.74, 6) is 0.710. The topological polar surface area (TPSA) is 118 Å². The molecule has 2 aliphatic rings. The predicted octanol–water partition coefficient (Wildman–Crippen LogP) is 4.58. The van der Waals surface area contributed by atoms with E-state index in [1.165, 1.54) is 12.1 Å². The largest absolute Gasteiger partial charge is 0.379 e. The third-order valence-electron chi connectivity index (χ3n) is 7.53. The Balaban J connectivity index is 1.16. The number of hydrogen-bond donors (Lipinski definition) is 2. The Kier molecular flexibility index (Phi) is 9.10. The molecule has 11 nitrogen and oxygen atoms in total. The van der Waals surface area contributed by atoms with Gasteiger partial charge in [-0.2, -0.15) is 8.42 Å². The minimum atomic E-state index is -3.94. The van der Waals surface area contributed by atoms with Gasteiger partial charge in [0.1, 0.15) is 10.6 Å². The van der Waals surface area contributed by atoms with Crippen molar-refractivity contribution >= 4 is 38.8 Å². The number of hydrogen-bond acceptors (Lipinski definition) is 11. The second-order valence-corrected chi connectivity index (χ2v) is 12.2. The van der Waals surface area contributed by atoms with Gasteiger partial charge in [0.2, 0.25) is 5.95 Å². The van der Waals surface area contributed by atoms with Crippen LogP contribution in [0.2, 0.25) is 0 Å². The van der Waals surface area contributed by atoms with Crippen LogP contribution >= 0.6 is 0 Å². The van der Waals surface area contributed by atoms with Crippen molar-refractivity contribution in [3.8, 4) is 5.75 Å². The monoisotopic (exact) mass is 616 g/mol. The van der Waals surface area contributed by atoms with Gasteiger partial charge in [0.25, 0.3) is 0 Å². The molecule has 0 spiro atoms. The summed E-state index contributed by atoms with van der Waals surface area (Å²) < 4.78 is 42.0. The summed E-state index contributed by atoms with van der Waals surface area (Å²) in [6, 6.07) is 21.6. The summed E-state index contributed by atoms with van der Waals surface area (Å²) in [7, 11) is -3.94. The van der Waals surface area contributed by atoms with Crippen LogP contribution in [0.15, 0.2) is 83.9 Å². The van der Waals surface area contributed by atoms with Gasteiger partial charge in [0.05, 0.1) is 38.7 Å². The van der Waals surface area contributed by atoms with Crippen LogP contribution < -0.4 is 24.6 Å². The van der Waals surface area contributed by atoms with Crippen LogP contribution in [0.3, 0.4) is 0 Å². The van der Waals surface area contributed by atoms with Crippen molar-refractivity contribution in [3.05, 3.63) is 90.3 Å². The van der Waals surface area contributed by atoms with Crippen molar-refractivity contribution in [3.63, 3.8) is 0 Å². The van der Waals surface area contributed by atoms with E-state index in [9.17, 15) is 8.42 Å². The van der Waals surface area contributed by atoms with Gasteiger partial charge >= 0.3 is 10.1 Å². The van der Waals surface area contributed by atoms with Gasteiger partial charge < -0.3 is 34.1 Å². The highest BCUT2D eigenvalue weighted by Gasteiger charge is 2.19. The molecule has 2 aliphatic heterocycles. The molecule has 3 aromatic carbocycles. The predicted molar refractivity (Wildman–Crippen MR) is 171 cm³/mol. The van der Waals surface area contributed by atoms with E-state index < -0.39 is 10.1 Å². The number of nitrogens with one attached hydrogen (secondary N) is 2. The zero-order valence-corrected chi connectivity index (χ0v) is 25.4. The quantitative estimate of drug-likeness (QED) is 0.244. The molecular formula is C32H36N6O5S. The number of nitrogens with zero attached hydrogens (tertiary/aromatic N) is 4. The fraction of sp³-hybridized carbons (Fsp3) is 0.312. The summed E-state index contributed by atoms with van der Waals surface area (Å²) in [4.78, 5) is 14.0. The third-order valence-corrected chi connectivity index (χ3v) is 8.79. The Labute approximate surface area is 257 Å². The van der Waals surface area contributed by atoms with Gasteiger partial charge in [0, 0.05) is 61.2 Å². The van der Waals surface area contributed by atoms with E-state index in [4.69, 9.17) is 18.6 Å². The zero-order chi connectivity index (χ0) is 30.4. The summed E-state index contributed by atoms with van der Waals surface area (Å²) in [5.41, 5.74) is 5.61. The molecule has 0 unspecified atom stereocenters. The molecule has 3 heterocycles. The normalized spacial score (nSPS) is 15.6. The van der Waals surface area contributed by atoms with Crippen LogP contribution in [0.4, 0.5) is 28.7 Å². The molecular weight excluding hydrogens is 580 g/mol. The zero-order valence-electron chi connectivity index (χ0n) is 24.6. The van der Waals surface area contributed by atoms with E-state index in [1.807, 2.05) is 19.1 Å². The molecule has 2 fully saturated rings. The first kappa shape index (κ1) is 29.7. The molecule has 0 aliphatic carbocycles. The van der Waals surface area contributed by atoms with Crippen molar-refractivity contribution in [2.75, 3.05) is 73.0 Å². The third kappa shape index (κ3) is 7.39. The second-order valence-electron chi connectivity index (χ2n) is 10.6. The molecule has 1 aromatic heterocycles. The van der Waals surface area contributed by atoms with Crippen molar-refractivity contribution < 1.29 is 22.1 Å². The minimum Gasteiger partial charge on any atom is -0.379 e. The maximum Gasteiger partial charge on any atom is 0.339 e. The number of benzene rings is 3. The first-order chi connectivity index (χ1) is 21.4. The van der Waals surface area contributed by atoms with Gasteiger partial charge in [-0.25, -0.2) is 9.97 Å². The van der Waals surface area contributed by atoms with Crippen molar-refractivity contribution in [1.82, 2.24) is 9.97 Å². The summed E-state index contributed by atoms with van der Waals surface area (Å²) in [6.45, 7) is 8.54. The van der Waals surface area contributed by atoms with Crippen LogP contribution in [0.25, 0.3) is 0 Å². The molecule has 0 amide bonds. The lowest BCUT2D eigenvalue weighted by Gasteiger charge is -2.33. The van der Waals surface area contributed by atoms with E-state index in [1.54, 1.807) is 36.5 Å². The van der Waals surface area contributed by atoms with Gasteiger partial charge in [-0.05, 0) is 55.0 Å². The number of morpholine rings is 2. The molecule has 0 radical (unpaired) electrons. The van der Waals surface area contributed by atoms with Gasteiger partial charge in [-0.3, -0.25) is 0 Å². The van der Waals surface area contributed by atoms with Crippen LogP contribution in [0.1, 0.15) is 11.3 Å². The Bertz CT molecular complexity index is 1640. The van der Waals surface area contributed by atoms with Gasteiger partial charge in [-0.15, -0.1) is 0 Å².